The molecule has 1 amide bonds. The summed E-state index contributed by atoms with van der Waals surface area (Å²) in [5.41, 5.74) is 0.527. The lowest BCUT2D eigenvalue weighted by atomic mass is 10.3. The van der Waals surface area contributed by atoms with Crippen molar-refractivity contribution in [3.05, 3.63) is 24.3 Å². The Morgan fingerprint density at radius 3 is 2.90 bits per heavy atom. The summed E-state index contributed by atoms with van der Waals surface area (Å²) in [5, 5.41) is 5.73. The molecule has 0 saturated carbocycles. The molecule has 0 radical (unpaired) electrons. The molecule has 2 aliphatic heterocycles. The van der Waals surface area contributed by atoms with E-state index in [1.165, 1.54) is 6.07 Å². The maximum Gasteiger partial charge on any atom is 0.286 e. The van der Waals surface area contributed by atoms with Crippen LogP contribution < -0.4 is 10.6 Å². The standard InChI is InChI=1S/C12H14N4O3S/c17-12-8-16(6-5-13-12)7-11-14-9-3-1-2-4-10(9)20(18,19)15-11/h1-4H,5-8H2,(H,13,17)(H,14,15). The van der Waals surface area contributed by atoms with Crippen molar-refractivity contribution in [1.82, 2.24) is 10.2 Å². The summed E-state index contributed by atoms with van der Waals surface area (Å²) in [4.78, 5) is 13.3. The van der Waals surface area contributed by atoms with E-state index in [4.69, 9.17) is 0 Å². The minimum Gasteiger partial charge on any atom is -0.354 e. The van der Waals surface area contributed by atoms with E-state index in [1.54, 1.807) is 18.2 Å². The molecule has 0 aliphatic carbocycles. The summed E-state index contributed by atoms with van der Waals surface area (Å²) in [6.45, 7) is 1.80. The van der Waals surface area contributed by atoms with Crippen LogP contribution in [0.4, 0.5) is 5.69 Å². The zero-order valence-electron chi connectivity index (χ0n) is 10.7. The molecule has 106 valence electrons. The monoisotopic (exact) mass is 294 g/mol. The molecule has 1 aromatic rings. The van der Waals surface area contributed by atoms with Crippen LogP contribution in [0.1, 0.15) is 0 Å². The summed E-state index contributed by atoms with van der Waals surface area (Å²) in [6, 6.07) is 6.64. The molecule has 1 saturated heterocycles. The molecule has 7 nitrogen and oxygen atoms in total. The highest BCUT2D eigenvalue weighted by Crippen LogP contribution is 2.26. The Morgan fingerprint density at radius 1 is 1.30 bits per heavy atom. The van der Waals surface area contributed by atoms with Gasteiger partial charge in [0, 0.05) is 13.1 Å². The highest BCUT2D eigenvalue weighted by atomic mass is 32.2. The molecule has 0 bridgehead atoms. The second-order valence-electron chi connectivity index (χ2n) is 4.69. The van der Waals surface area contributed by atoms with Gasteiger partial charge < -0.3 is 10.6 Å². The van der Waals surface area contributed by atoms with Crippen LogP contribution in [0.3, 0.4) is 0 Å². The maximum absolute atomic E-state index is 12.1. The Morgan fingerprint density at radius 2 is 2.10 bits per heavy atom. The minimum atomic E-state index is -3.66. The van der Waals surface area contributed by atoms with E-state index in [1.807, 2.05) is 4.90 Å². The van der Waals surface area contributed by atoms with Crippen molar-refractivity contribution in [3.63, 3.8) is 0 Å². The van der Waals surface area contributed by atoms with Gasteiger partial charge in [0.25, 0.3) is 10.0 Å². The van der Waals surface area contributed by atoms with Gasteiger partial charge in [-0.3, -0.25) is 9.69 Å². The van der Waals surface area contributed by atoms with Crippen LogP contribution in [0.5, 0.6) is 0 Å². The SMILES string of the molecule is O=C1CN(CC2=NS(=O)(=O)c3ccccc3N2)CCN1. The molecule has 0 atom stereocenters. The number of nitrogens with one attached hydrogen (secondary N) is 2. The molecular weight excluding hydrogens is 280 g/mol. The second-order valence-corrected chi connectivity index (χ2v) is 6.27. The molecule has 0 unspecified atom stereocenters. The van der Waals surface area contributed by atoms with Crippen LogP contribution >= 0.6 is 0 Å². The van der Waals surface area contributed by atoms with Crippen LogP contribution in [0.2, 0.25) is 0 Å². The predicted molar refractivity (Wildman–Crippen MR) is 74.1 cm³/mol. The highest BCUT2D eigenvalue weighted by molar-refractivity contribution is 7.90. The number of fused-ring (bicyclic) bond motifs is 1. The first-order valence-electron chi connectivity index (χ1n) is 6.23. The fourth-order valence-corrected chi connectivity index (χ4v) is 3.41. The first-order valence-corrected chi connectivity index (χ1v) is 7.67. The van der Waals surface area contributed by atoms with Crippen LogP contribution in [0, 0.1) is 0 Å². The maximum atomic E-state index is 12.1. The number of sulfonamides is 1. The van der Waals surface area contributed by atoms with E-state index in [-0.39, 0.29) is 17.3 Å². The number of amidine groups is 1. The van der Waals surface area contributed by atoms with E-state index in [0.717, 1.165) is 0 Å². The number of rotatable bonds is 2. The Kier molecular flexibility index (Phi) is 3.19. The lowest BCUT2D eigenvalue weighted by Crippen LogP contribution is -2.50. The smallest absolute Gasteiger partial charge is 0.286 e. The molecule has 3 rings (SSSR count). The summed E-state index contributed by atoms with van der Waals surface area (Å²) in [7, 11) is -3.66. The van der Waals surface area contributed by atoms with Crippen molar-refractivity contribution in [2.75, 3.05) is 31.5 Å². The molecule has 8 heteroatoms. The van der Waals surface area contributed by atoms with Gasteiger partial charge in [-0.25, -0.2) is 0 Å². The Balaban J connectivity index is 1.83. The number of nitrogens with zero attached hydrogens (tertiary/aromatic N) is 2. The third-order valence-electron chi connectivity index (χ3n) is 3.17. The van der Waals surface area contributed by atoms with Crippen molar-refractivity contribution in [3.8, 4) is 0 Å². The number of hydrogen-bond acceptors (Lipinski definition) is 5. The average Bonchev–Trinajstić information content (AvgIpc) is 2.38. The number of carbonyl (C=O) groups is 1. The topological polar surface area (TPSA) is 90.9 Å². The lowest BCUT2D eigenvalue weighted by molar-refractivity contribution is -0.123. The van der Waals surface area contributed by atoms with E-state index in [0.29, 0.717) is 31.2 Å². The average molecular weight is 294 g/mol. The number of para-hydroxylation sites is 1. The van der Waals surface area contributed by atoms with Gasteiger partial charge in [0.05, 0.1) is 18.8 Å². The molecule has 2 aliphatic rings. The number of hydrogen-bond donors (Lipinski definition) is 2. The van der Waals surface area contributed by atoms with Gasteiger partial charge in [0.2, 0.25) is 5.91 Å². The van der Waals surface area contributed by atoms with Gasteiger partial charge in [-0.15, -0.1) is 4.40 Å². The molecule has 1 aromatic carbocycles. The van der Waals surface area contributed by atoms with Gasteiger partial charge in [-0.05, 0) is 12.1 Å². The number of carbonyl (C=O) groups excluding carboxylic acids is 1. The summed E-state index contributed by atoms with van der Waals surface area (Å²) in [6.07, 6.45) is 0. The van der Waals surface area contributed by atoms with E-state index >= 15 is 0 Å². The molecule has 0 spiro atoms. The van der Waals surface area contributed by atoms with Crippen molar-refractivity contribution in [2.45, 2.75) is 4.90 Å². The van der Waals surface area contributed by atoms with E-state index in [2.05, 4.69) is 15.0 Å². The van der Waals surface area contributed by atoms with Gasteiger partial charge in [-0.1, -0.05) is 12.1 Å². The Labute approximate surface area is 116 Å². The first-order chi connectivity index (χ1) is 9.54. The minimum absolute atomic E-state index is 0.0593. The normalized spacial score (nSPS) is 21.4. The third kappa shape index (κ3) is 2.52. The Bertz CT molecular complexity index is 684. The van der Waals surface area contributed by atoms with Crippen LogP contribution in [-0.4, -0.2) is 51.2 Å². The molecule has 1 fully saturated rings. The van der Waals surface area contributed by atoms with Crippen LogP contribution in [-0.2, 0) is 14.8 Å². The fraction of sp³-hybridized carbons (Fsp3) is 0.333. The van der Waals surface area contributed by atoms with Gasteiger partial charge in [0.15, 0.2) is 0 Å². The van der Waals surface area contributed by atoms with E-state index < -0.39 is 10.0 Å². The molecule has 2 N–H and O–H groups in total. The Hall–Kier alpha value is -1.93. The van der Waals surface area contributed by atoms with Crippen molar-refractivity contribution >= 4 is 27.5 Å². The van der Waals surface area contributed by atoms with Crippen LogP contribution in [0.15, 0.2) is 33.6 Å². The number of piperazine rings is 1. The molecule has 20 heavy (non-hydrogen) atoms. The first kappa shape index (κ1) is 13.1. The summed E-state index contributed by atoms with van der Waals surface area (Å²) < 4.78 is 27.9. The van der Waals surface area contributed by atoms with Crippen molar-refractivity contribution < 1.29 is 13.2 Å². The highest BCUT2D eigenvalue weighted by Gasteiger charge is 2.26. The summed E-state index contributed by atoms with van der Waals surface area (Å²) >= 11 is 0. The molecule has 2 heterocycles. The number of benzene rings is 1. The lowest BCUT2D eigenvalue weighted by Gasteiger charge is -2.28. The summed E-state index contributed by atoms with van der Waals surface area (Å²) in [5.74, 6) is 0.286. The van der Waals surface area contributed by atoms with Gasteiger partial charge in [-0.2, -0.15) is 8.42 Å². The fourth-order valence-electron chi connectivity index (χ4n) is 2.27. The molecular formula is C12H14N4O3S. The number of amides is 1. The third-order valence-corrected chi connectivity index (χ3v) is 4.54. The van der Waals surface area contributed by atoms with Gasteiger partial charge >= 0.3 is 0 Å². The second kappa shape index (κ2) is 4.88. The van der Waals surface area contributed by atoms with Crippen molar-refractivity contribution in [1.29, 1.82) is 0 Å². The van der Waals surface area contributed by atoms with Crippen LogP contribution in [0.25, 0.3) is 0 Å². The zero-order valence-corrected chi connectivity index (χ0v) is 11.5. The van der Waals surface area contributed by atoms with Crippen molar-refractivity contribution in [2.24, 2.45) is 4.40 Å². The molecule has 0 aromatic heterocycles. The van der Waals surface area contributed by atoms with Gasteiger partial charge in [0.1, 0.15) is 10.7 Å². The zero-order chi connectivity index (χ0) is 14.2. The predicted octanol–water partition coefficient (Wildman–Crippen LogP) is -0.369. The number of anilines is 1. The quantitative estimate of drug-likeness (QED) is 0.777. The largest absolute Gasteiger partial charge is 0.354 e. The van der Waals surface area contributed by atoms with E-state index in [9.17, 15) is 13.2 Å².